The normalized spacial score (nSPS) is 14.0. The number of benzene rings is 1. The summed E-state index contributed by atoms with van der Waals surface area (Å²) < 4.78 is 10.6. The van der Waals surface area contributed by atoms with Crippen LogP contribution in [0.25, 0.3) is 0 Å². The summed E-state index contributed by atoms with van der Waals surface area (Å²) in [6.07, 6.45) is 1.93. The summed E-state index contributed by atoms with van der Waals surface area (Å²) in [6.45, 7) is 6.79. The molecule has 2 N–H and O–H groups in total. The Morgan fingerprint density at radius 2 is 2.17 bits per heavy atom. The number of esters is 1. The molecule has 2 heterocycles. The summed E-state index contributed by atoms with van der Waals surface area (Å²) in [4.78, 5) is 35.2. The third kappa shape index (κ3) is 4.61. The molecule has 0 radical (unpaired) electrons. The molecule has 0 aliphatic carbocycles. The Bertz CT molecular complexity index is 921. The average Bonchev–Trinajstić information content (AvgIpc) is 2.71. The maximum absolute atomic E-state index is 13.2. The molecule has 1 amide bonds. The molecule has 0 fully saturated rings. The number of rotatable bonds is 6. The summed E-state index contributed by atoms with van der Waals surface area (Å²) in [5.41, 5.74) is 7.84. The molecule has 2 aromatic rings. The standard InChI is InChI=1S/C20H24N4O4S/c1-4-16(29-20-22-11-13(17(21)23-20)19(26)27-5-2)18(25)24-8-9-28-15-7-6-12(3)10-14(15)24/h6-7,10-11,16H,4-5,8-9H2,1-3H3,(H2,21,22,23)/t16-/m0/s1. The SMILES string of the molecule is CCOC(=O)c1cnc(S[C@@H](CC)C(=O)N2CCOc3ccc(C)cc32)nc1N. The summed E-state index contributed by atoms with van der Waals surface area (Å²) in [5, 5.41) is -0.0530. The first-order valence-corrected chi connectivity index (χ1v) is 10.3. The lowest BCUT2D eigenvalue weighted by molar-refractivity contribution is -0.118. The van der Waals surface area contributed by atoms with Gasteiger partial charge in [0.15, 0.2) is 5.16 Å². The fraction of sp³-hybridized carbons (Fsp3) is 0.400. The van der Waals surface area contributed by atoms with Crippen LogP contribution in [0.15, 0.2) is 29.6 Å². The van der Waals surface area contributed by atoms with Crippen molar-refractivity contribution in [1.82, 2.24) is 9.97 Å². The van der Waals surface area contributed by atoms with Crippen molar-refractivity contribution in [3.8, 4) is 5.75 Å². The number of amides is 1. The van der Waals surface area contributed by atoms with Crippen LogP contribution in [0.3, 0.4) is 0 Å². The molecule has 154 valence electrons. The van der Waals surface area contributed by atoms with E-state index in [0.29, 0.717) is 30.5 Å². The van der Waals surface area contributed by atoms with E-state index in [1.807, 2.05) is 32.0 Å². The highest BCUT2D eigenvalue weighted by molar-refractivity contribution is 8.00. The topological polar surface area (TPSA) is 108 Å². The van der Waals surface area contributed by atoms with E-state index >= 15 is 0 Å². The lowest BCUT2D eigenvalue weighted by Crippen LogP contribution is -2.42. The van der Waals surface area contributed by atoms with Crippen molar-refractivity contribution in [3.63, 3.8) is 0 Å². The number of anilines is 2. The van der Waals surface area contributed by atoms with Crippen LogP contribution >= 0.6 is 11.8 Å². The minimum Gasteiger partial charge on any atom is -0.490 e. The van der Waals surface area contributed by atoms with Crippen LogP contribution in [-0.4, -0.2) is 46.9 Å². The number of thioether (sulfide) groups is 1. The summed E-state index contributed by atoms with van der Waals surface area (Å²) >= 11 is 1.23. The number of hydrogen-bond donors (Lipinski definition) is 1. The number of fused-ring (bicyclic) bond motifs is 1. The van der Waals surface area contributed by atoms with Crippen molar-refractivity contribution in [2.24, 2.45) is 0 Å². The van der Waals surface area contributed by atoms with E-state index in [0.717, 1.165) is 11.3 Å². The number of aryl methyl sites for hydroxylation is 1. The molecule has 29 heavy (non-hydrogen) atoms. The van der Waals surface area contributed by atoms with E-state index < -0.39 is 11.2 Å². The van der Waals surface area contributed by atoms with Crippen molar-refractivity contribution >= 4 is 35.1 Å². The molecule has 0 saturated heterocycles. The largest absolute Gasteiger partial charge is 0.490 e. The molecule has 1 aliphatic heterocycles. The molecule has 0 saturated carbocycles. The van der Waals surface area contributed by atoms with Gasteiger partial charge in [-0.2, -0.15) is 0 Å². The molecule has 1 aromatic heterocycles. The van der Waals surface area contributed by atoms with Gasteiger partial charge >= 0.3 is 5.97 Å². The number of carbonyl (C=O) groups excluding carboxylic acids is 2. The van der Waals surface area contributed by atoms with Crippen LogP contribution in [0.5, 0.6) is 5.75 Å². The lowest BCUT2D eigenvalue weighted by Gasteiger charge is -2.32. The van der Waals surface area contributed by atoms with Gasteiger partial charge in [0.25, 0.3) is 0 Å². The van der Waals surface area contributed by atoms with E-state index in [2.05, 4.69) is 9.97 Å². The van der Waals surface area contributed by atoms with Gasteiger partial charge in [0.05, 0.1) is 24.1 Å². The number of aromatic nitrogens is 2. The molecule has 0 bridgehead atoms. The minimum atomic E-state index is -0.565. The predicted octanol–water partition coefficient (Wildman–Crippen LogP) is 2.84. The Labute approximate surface area is 173 Å². The van der Waals surface area contributed by atoms with E-state index in [1.165, 1.54) is 18.0 Å². The number of nitrogens with two attached hydrogens (primary N) is 1. The van der Waals surface area contributed by atoms with Gasteiger partial charge in [-0.05, 0) is 38.0 Å². The second-order valence-corrected chi connectivity index (χ2v) is 7.67. The van der Waals surface area contributed by atoms with Crippen LogP contribution in [0.1, 0.15) is 36.2 Å². The minimum absolute atomic E-state index is 0.0376. The van der Waals surface area contributed by atoms with Crippen molar-refractivity contribution < 1.29 is 19.1 Å². The van der Waals surface area contributed by atoms with Crippen molar-refractivity contribution in [2.75, 3.05) is 30.4 Å². The van der Waals surface area contributed by atoms with Gasteiger partial charge in [-0.15, -0.1) is 0 Å². The molecule has 3 rings (SSSR count). The number of ether oxygens (including phenoxy) is 2. The fourth-order valence-corrected chi connectivity index (χ4v) is 3.88. The number of nitrogens with zero attached hydrogens (tertiary/aromatic N) is 3. The molecule has 0 unspecified atom stereocenters. The summed E-state index contributed by atoms with van der Waals surface area (Å²) in [7, 11) is 0. The number of nitrogen functional groups attached to an aromatic ring is 1. The molecule has 8 nitrogen and oxygen atoms in total. The summed E-state index contributed by atoms with van der Waals surface area (Å²) in [6, 6.07) is 5.79. The van der Waals surface area contributed by atoms with Crippen molar-refractivity contribution in [2.45, 2.75) is 37.6 Å². The van der Waals surface area contributed by atoms with Gasteiger partial charge in [-0.1, -0.05) is 24.8 Å². The first-order chi connectivity index (χ1) is 13.9. The summed E-state index contributed by atoms with van der Waals surface area (Å²) in [5.74, 6) is 0.138. The van der Waals surface area contributed by atoms with E-state index in [4.69, 9.17) is 15.2 Å². The van der Waals surface area contributed by atoms with Gasteiger partial charge in [0, 0.05) is 6.20 Å². The Balaban J connectivity index is 1.79. The van der Waals surface area contributed by atoms with Crippen LogP contribution in [0.2, 0.25) is 0 Å². The van der Waals surface area contributed by atoms with Gasteiger partial charge in [0.2, 0.25) is 5.91 Å². The second kappa shape index (κ2) is 9.13. The van der Waals surface area contributed by atoms with Gasteiger partial charge in [0.1, 0.15) is 23.7 Å². The number of hydrogen-bond acceptors (Lipinski definition) is 8. The third-order valence-electron chi connectivity index (χ3n) is 4.43. The maximum atomic E-state index is 13.2. The van der Waals surface area contributed by atoms with E-state index in [-0.39, 0.29) is 23.9 Å². The Kier molecular flexibility index (Phi) is 6.58. The smallest absolute Gasteiger partial charge is 0.343 e. The van der Waals surface area contributed by atoms with E-state index in [9.17, 15) is 9.59 Å². The van der Waals surface area contributed by atoms with Crippen LogP contribution in [0.4, 0.5) is 11.5 Å². The first-order valence-electron chi connectivity index (χ1n) is 9.45. The third-order valence-corrected chi connectivity index (χ3v) is 5.66. The zero-order valence-corrected chi connectivity index (χ0v) is 17.5. The Hall–Kier alpha value is -2.81. The molecule has 1 aromatic carbocycles. The number of carbonyl (C=O) groups is 2. The van der Waals surface area contributed by atoms with Gasteiger partial charge in [-0.25, -0.2) is 14.8 Å². The lowest BCUT2D eigenvalue weighted by atomic mass is 10.1. The van der Waals surface area contributed by atoms with Crippen LogP contribution in [-0.2, 0) is 9.53 Å². The van der Waals surface area contributed by atoms with Crippen molar-refractivity contribution in [3.05, 3.63) is 35.5 Å². The molecule has 0 spiro atoms. The quantitative estimate of drug-likeness (QED) is 0.435. The fourth-order valence-electron chi connectivity index (χ4n) is 2.97. The predicted molar refractivity (Wildman–Crippen MR) is 111 cm³/mol. The molecule has 1 aliphatic rings. The zero-order valence-electron chi connectivity index (χ0n) is 16.7. The highest BCUT2D eigenvalue weighted by atomic mass is 32.2. The van der Waals surface area contributed by atoms with Crippen molar-refractivity contribution in [1.29, 1.82) is 0 Å². The van der Waals surface area contributed by atoms with Gasteiger partial charge < -0.3 is 20.1 Å². The van der Waals surface area contributed by atoms with Crippen LogP contribution < -0.4 is 15.4 Å². The molecular formula is C20H24N4O4S. The highest BCUT2D eigenvalue weighted by Gasteiger charge is 2.30. The first kappa shape index (κ1) is 20.9. The Morgan fingerprint density at radius 3 is 2.86 bits per heavy atom. The average molecular weight is 417 g/mol. The zero-order chi connectivity index (χ0) is 21.0. The Morgan fingerprint density at radius 1 is 1.38 bits per heavy atom. The molecule has 9 heteroatoms. The monoisotopic (exact) mass is 416 g/mol. The molecule has 1 atom stereocenters. The maximum Gasteiger partial charge on any atom is 0.343 e. The second-order valence-electron chi connectivity index (χ2n) is 6.50. The van der Waals surface area contributed by atoms with Gasteiger partial charge in [-0.3, -0.25) is 4.79 Å². The highest BCUT2D eigenvalue weighted by Crippen LogP contribution is 2.35. The van der Waals surface area contributed by atoms with Crippen LogP contribution in [0, 0.1) is 6.92 Å². The molecular weight excluding hydrogens is 392 g/mol. The van der Waals surface area contributed by atoms with E-state index in [1.54, 1.807) is 11.8 Å².